The van der Waals surface area contributed by atoms with Gasteiger partial charge in [0.1, 0.15) is 17.6 Å². The van der Waals surface area contributed by atoms with Crippen molar-refractivity contribution in [3.63, 3.8) is 0 Å². The van der Waals surface area contributed by atoms with Crippen molar-refractivity contribution in [3.8, 4) is 11.3 Å². The van der Waals surface area contributed by atoms with Crippen molar-refractivity contribution in [2.24, 2.45) is 0 Å². The Hall–Kier alpha value is -2.63. The number of nitrogens with one attached hydrogen (secondary N) is 1. The molecular weight excluding hydrogens is 323 g/mol. The standard InChI is InChI=1S/C19H19FN2O3/c20-13-5-3-12(4-6-13)16-9-10-17(25-16)19(24)22-11-1-2-15(22)18(23)21-14-7-8-14/h3-6,9-10,14-15H,1-2,7-8,11H2,(H,21,23). The summed E-state index contributed by atoms with van der Waals surface area (Å²) in [6, 6.07) is 9.04. The zero-order valence-corrected chi connectivity index (χ0v) is 13.7. The minimum Gasteiger partial charge on any atom is -0.451 e. The summed E-state index contributed by atoms with van der Waals surface area (Å²) in [6.45, 7) is 0.550. The van der Waals surface area contributed by atoms with E-state index in [-0.39, 0.29) is 29.4 Å². The highest BCUT2D eigenvalue weighted by Gasteiger charge is 2.37. The van der Waals surface area contributed by atoms with Gasteiger partial charge in [-0.15, -0.1) is 0 Å². The van der Waals surface area contributed by atoms with Crippen molar-refractivity contribution in [2.75, 3.05) is 6.54 Å². The zero-order chi connectivity index (χ0) is 17.4. The molecule has 1 atom stereocenters. The summed E-state index contributed by atoms with van der Waals surface area (Å²) in [6.07, 6.45) is 3.52. The highest BCUT2D eigenvalue weighted by atomic mass is 19.1. The molecule has 0 spiro atoms. The van der Waals surface area contributed by atoms with E-state index < -0.39 is 6.04 Å². The molecule has 4 rings (SSSR count). The summed E-state index contributed by atoms with van der Waals surface area (Å²) in [5, 5.41) is 2.97. The maximum atomic E-state index is 13.0. The molecule has 2 fully saturated rings. The minimum absolute atomic E-state index is 0.0707. The molecule has 1 N–H and O–H groups in total. The van der Waals surface area contributed by atoms with Crippen molar-refractivity contribution in [1.82, 2.24) is 10.2 Å². The summed E-state index contributed by atoms with van der Waals surface area (Å²) in [7, 11) is 0. The molecule has 1 aromatic heterocycles. The number of likely N-dealkylation sites (tertiary alicyclic amines) is 1. The maximum absolute atomic E-state index is 13.0. The molecule has 6 heteroatoms. The van der Waals surface area contributed by atoms with Crippen molar-refractivity contribution < 1.29 is 18.4 Å². The Bertz CT molecular complexity index is 795. The van der Waals surface area contributed by atoms with Crippen LogP contribution in [0.2, 0.25) is 0 Å². The maximum Gasteiger partial charge on any atom is 0.290 e. The SMILES string of the molecule is O=C(NC1CC1)C1CCCN1C(=O)c1ccc(-c2ccc(F)cc2)o1. The highest BCUT2D eigenvalue weighted by Crippen LogP contribution is 2.27. The van der Waals surface area contributed by atoms with Gasteiger partial charge in [0.2, 0.25) is 5.91 Å². The van der Waals surface area contributed by atoms with E-state index in [1.807, 2.05) is 0 Å². The van der Waals surface area contributed by atoms with Crippen LogP contribution in [0.4, 0.5) is 4.39 Å². The summed E-state index contributed by atoms with van der Waals surface area (Å²) < 4.78 is 18.7. The number of hydrogen-bond acceptors (Lipinski definition) is 3. The first-order valence-electron chi connectivity index (χ1n) is 8.59. The fraction of sp³-hybridized carbons (Fsp3) is 0.368. The van der Waals surface area contributed by atoms with Crippen molar-refractivity contribution >= 4 is 11.8 Å². The lowest BCUT2D eigenvalue weighted by atomic mass is 10.2. The fourth-order valence-electron chi connectivity index (χ4n) is 3.17. The average molecular weight is 342 g/mol. The number of carbonyl (C=O) groups excluding carboxylic acids is 2. The number of benzene rings is 1. The van der Waals surface area contributed by atoms with Crippen LogP contribution in [0, 0.1) is 5.82 Å². The van der Waals surface area contributed by atoms with Gasteiger partial charge in [-0.25, -0.2) is 4.39 Å². The van der Waals surface area contributed by atoms with Gasteiger partial charge in [0.05, 0.1) is 0 Å². The molecule has 0 bridgehead atoms. The van der Waals surface area contributed by atoms with Gasteiger partial charge in [-0.3, -0.25) is 9.59 Å². The Morgan fingerprint density at radius 2 is 1.84 bits per heavy atom. The van der Waals surface area contributed by atoms with Crippen LogP contribution in [0.3, 0.4) is 0 Å². The van der Waals surface area contributed by atoms with E-state index in [1.54, 1.807) is 29.2 Å². The summed E-state index contributed by atoms with van der Waals surface area (Å²) in [4.78, 5) is 26.7. The largest absolute Gasteiger partial charge is 0.451 e. The number of nitrogens with zero attached hydrogens (tertiary/aromatic N) is 1. The van der Waals surface area contributed by atoms with Crippen LogP contribution in [-0.4, -0.2) is 35.3 Å². The fourth-order valence-corrected chi connectivity index (χ4v) is 3.17. The molecule has 5 nitrogen and oxygen atoms in total. The Labute approximate surface area is 144 Å². The van der Waals surface area contributed by atoms with E-state index in [4.69, 9.17) is 4.42 Å². The first-order valence-corrected chi connectivity index (χ1v) is 8.59. The smallest absolute Gasteiger partial charge is 0.290 e. The third-order valence-corrected chi connectivity index (χ3v) is 4.69. The third kappa shape index (κ3) is 3.29. The molecule has 130 valence electrons. The topological polar surface area (TPSA) is 62.6 Å². The average Bonchev–Trinajstić information content (AvgIpc) is 3.12. The second-order valence-electron chi connectivity index (χ2n) is 6.61. The molecular formula is C19H19FN2O3. The molecule has 0 radical (unpaired) electrons. The lowest BCUT2D eigenvalue weighted by molar-refractivity contribution is -0.125. The van der Waals surface area contributed by atoms with Crippen LogP contribution in [0.15, 0.2) is 40.8 Å². The molecule has 1 aliphatic heterocycles. The van der Waals surface area contributed by atoms with Crippen LogP contribution < -0.4 is 5.32 Å². The summed E-state index contributed by atoms with van der Waals surface area (Å²) in [5.74, 6) is 0.0284. The van der Waals surface area contributed by atoms with Crippen molar-refractivity contribution in [1.29, 1.82) is 0 Å². The molecule has 1 saturated carbocycles. The van der Waals surface area contributed by atoms with E-state index in [9.17, 15) is 14.0 Å². The molecule has 2 heterocycles. The van der Waals surface area contributed by atoms with E-state index >= 15 is 0 Å². The van der Waals surface area contributed by atoms with E-state index in [0.717, 1.165) is 19.3 Å². The molecule has 1 aromatic carbocycles. The van der Waals surface area contributed by atoms with Gasteiger partial charge in [-0.05, 0) is 62.1 Å². The molecule has 1 unspecified atom stereocenters. The van der Waals surface area contributed by atoms with Crippen molar-refractivity contribution in [3.05, 3.63) is 48.0 Å². The molecule has 25 heavy (non-hydrogen) atoms. The monoisotopic (exact) mass is 342 g/mol. The predicted molar refractivity (Wildman–Crippen MR) is 89.3 cm³/mol. The van der Waals surface area contributed by atoms with Gasteiger partial charge in [-0.2, -0.15) is 0 Å². The minimum atomic E-state index is -0.424. The Morgan fingerprint density at radius 3 is 2.56 bits per heavy atom. The van der Waals surface area contributed by atoms with Crippen LogP contribution in [-0.2, 0) is 4.79 Å². The molecule has 2 aromatic rings. The Morgan fingerprint density at radius 1 is 1.08 bits per heavy atom. The number of carbonyl (C=O) groups is 2. The van der Waals surface area contributed by atoms with Crippen LogP contribution in [0.25, 0.3) is 11.3 Å². The number of hydrogen-bond donors (Lipinski definition) is 1. The van der Waals surface area contributed by atoms with E-state index in [2.05, 4.69) is 5.32 Å². The second kappa shape index (κ2) is 6.35. The highest BCUT2D eigenvalue weighted by molar-refractivity contribution is 5.96. The van der Waals surface area contributed by atoms with Gasteiger partial charge in [0, 0.05) is 18.2 Å². The second-order valence-corrected chi connectivity index (χ2v) is 6.61. The molecule has 1 saturated heterocycles. The number of rotatable bonds is 4. The van der Waals surface area contributed by atoms with Gasteiger partial charge < -0.3 is 14.6 Å². The van der Waals surface area contributed by atoms with Gasteiger partial charge in [0.15, 0.2) is 5.76 Å². The van der Waals surface area contributed by atoms with Crippen molar-refractivity contribution in [2.45, 2.75) is 37.8 Å². The van der Waals surface area contributed by atoms with Gasteiger partial charge in [0.25, 0.3) is 5.91 Å². The van der Waals surface area contributed by atoms with E-state index in [1.165, 1.54) is 12.1 Å². The van der Waals surface area contributed by atoms with Crippen LogP contribution in [0.5, 0.6) is 0 Å². The first-order chi connectivity index (χ1) is 12.1. The van der Waals surface area contributed by atoms with Crippen LogP contribution in [0.1, 0.15) is 36.2 Å². The Kier molecular flexibility index (Phi) is 4.03. The first kappa shape index (κ1) is 15.9. The van der Waals surface area contributed by atoms with Crippen LogP contribution >= 0.6 is 0 Å². The number of furan rings is 1. The number of amides is 2. The van der Waals surface area contributed by atoms with E-state index in [0.29, 0.717) is 24.3 Å². The zero-order valence-electron chi connectivity index (χ0n) is 13.7. The molecule has 2 aliphatic rings. The lowest BCUT2D eigenvalue weighted by Crippen LogP contribution is -2.46. The quantitative estimate of drug-likeness (QED) is 0.929. The normalized spacial score (nSPS) is 19.9. The molecule has 2 amide bonds. The molecule has 1 aliphatic carbocycles. The summed E-state index contributed by atoms with van der Waals surface area (Å²) >= 11 is 0. The predicted octanol–water partition coefficient (Wildman–Crippen LogP) is 2.97. The Balaban J connectivity index is 1.50. The summed E-state index contributed by atoms with van der Waals surface area (Å²) in [5.41, 5.74) is 0.699. The van der Waals surface area contributed by atoms with Gasteiger partial charge >= 0.3 is 0 Å². The third-order valence-electron chi connectivity index (χ3n) is 4.69. The number of halogens is 1. The van der Waals surface area contributed by atoms with Gasteiger partial charge in [-0.1, -0.05) is 0 Å². The lowest BCUT2D eigenvalue weighted by Gasteiger charge is -2.23.